The Morgan fingerprint density at radius 2 is 1.88 bits per heavy atom. The van der Waals surface area contributed by atoms with Crippen LogP contribution in [0.2, 0.25) is 0 Å². The van der Waals surface area contributed by atoms with Gasteiger partial charge in [0, 0.05) is 20.1 Å². The molecule has 0 bridgehead atoms. The Hall–Kier alpha value is -1.47. The average molecular weight is 255 g/mol. The number of nitrogens with one attached hydrogen (secondary N) is 2. The minimum Gasteiger partial charge on any atom is -0.469 e. The topological polar surface area (TPSA) is 62.7 Å². The van der Waals surface area contributed by atoms with Gasteiger partial charge < -0.3 is 15.4 Å². The van der Waals surface area contributed by atoms with Crippen LogP contribution in [0.3, 0.4) is 0 Å². The standard InChI is InChI=1S/C9H16F3N3O2/c1-13-8(14-5-3-7(16)17-2)15-6-4-9(10,11)12/h3-6H2,1-2H3,(H2,13,14,15). The molecule has 0 saturated carbocycles. The van der Waals surface area contributed by atoms with Crippen molar-refractivity contribution < 1.29 is 22.7 Å². The van der Waals surface area contributed by atoms with Gasteiger partial charge in [-0.05, 0) is 0 Å². The van der Waals surface area contributed by atoms with E-state index in [0.717, 1.165) is 0 Å². The number of methoxy groups -OCH3 is 1. The highest BCUT2D eigenvalue weighted by Crippen LogP contribution is 2.17. The van der Waals surface area contributed by atoms with Crippen LogP contribution in [0.1, 0.15) is 12.8 Å². The average Bonchev–Trinajstić information content (AvgIpc) is 2.25. The first-order valence-corrected chi connectivity index (χ1v) is 4.97. The third kappa shape index (κ3) is 9.46. The predicted molar refractivity (Wildman–Crippen MR) is 56.7 cm³/mol. The lowest BCUT2D eigenvalue weighted by molar-refractivity contribution is -0.140. The summed E-state index contributed by atoms with van der Waals surface area (Å²) in [6.45, 7) is -0.0141. The fourth-order valence-corrected chi connectivity index (χ4v) is 0.928. The van der Waals surface area contributed by atoms with Gasteiger partial charge in [-0.25, -0.2) is 0 Å². The first kappa shape index (κ1) is 15.5. The van der Waals surface area contributed by atoms with Gasteiger partial charge >= 0.3 is 12.1 Å². The molecule has 8 heteroatoms. The number of carbonyl (C=O) groups excluding carboxylic acids is 1. The number of rotatable bonds is 5. The number of ether oxygens (including phenoxy) is 1. The van der Waals surface area contributed by atoms with E-state index in [2.05, 4.69) is 20.4 Å². The van der Waals surface area contributed by atoms with E-state index in [4.69, 9.17) is 0 Å². The highest BCUT2D eigenvalue weighted by atomic mass is 19.4. The molecule has 0 saturated heterocycles. The molecule has 0 aromatic heterocycles. The Kier molecular flexibility index (Phi) is 7.08. The van der Waals surface area contributed by atoms with Gasteiger partial charge in [0.05, 0.1) is 20.0 Å². The van der Waals surface area contributed by atoms with Gasteiger partial charge in [0.1, 0.15) is 0 Å². The summed E-state index contributed by atoms with van der Waals surface area (Å²) in [7, 11) is 2.69. The van der Waals surface area contributed by atoms with Crippen molar-refractivity contribution in [2.75, 3.05) is 27.2 Å². The summed E-state index contributed by atoms with van der Waals surface area (Å²) in [5, 5.41) is 5.18. The normalized spacial score (nSPS) is 12.2. The van der Waals surface area contributed by atoms with Crippen LogP contribution in [0.25, 0.3) is 0 Å². The van der Waals surface area contributed by atoms with Crippen molar-refractivity contribution in [3.8, 4) is 0 Å². The number of carbonyl (C=O) groups is 1. The molecule has 0 radical (unpaired) electrons. The molecule has 0 heterocycles. The van der Waals surface area contributed by atoms with Gasteiger partial charge in [-0.1, -0.05) is 0 Å². The maximum atomic E-state index is 11.9. The molecule has 0 atom stereocenters. The Balaban J connectivity index is 3.75. The molecule has 0 aromatic rings. The molecule has 100 valence electrons. The smallest absolute Gasteiger partial charge is 0.390 e. The highest BCUT2D eigenvalue weighted by molar-refractivity contribution is 5.80. The van der Waals surface area contributed by atoms with Gasteiger partial charge in [0.2, 0.25) is 0 Å². The lowest BCUT2D eigenvalue weighted by atomic mass is 10.4. The van der Waals surface area contributed by atoms with Gasteiger partial charge in [0.25, 0.3) is 0 Å². The van der Waals surface area contributed by atoms with Crippen molar-refractivity contribution >= 4 is 11.9 Å². The van der Waals surface area contributed by atoms with Crippen LogP contribution in [-0.2, 0) is 9.53 Å². The van der Waals surface area contributed by atoms with Gasteiger partial charge in [0.15, 0.2) is 5.96 Å². The number of alkyl halides is 3. The first-order chi connectivity index (χ1) is 7.89. The minimum atomic E-state index is -4.20. The molecule has 0 unspecified atom stereocenters. The molecule has 5 nitrogen and oxygen atoms in total. The molecule has 0 fully saturated rings. The van der Waals surface area contributed by atoms with Crippen LogP contribution in [0.4, 0.5) is 13.2 Å². The van der Waals surface area contributed by atoms with Crippen LogP contribution >= 0.6 is 0 Å². The second-order valence-corrected chi connectivity index (χ2v) is 3.12. The Morgan fingerprint density at radius 1 is 1.29 bits per heavy atom. The van der Waals surface area contributed by atoms with E-state index in [0.29, 0.717) is 0 Å². The summed E-state index contributed by atoms with van der Waals surface area (Å²) in [6.07, 6.45) is -5.01. The number of halogens is 3. The van der Waals surface area contributed by atoms with Crippen molar-refractivity contribution in [2.24, 2.45) is 4.99 Å². The number of hydrogen-bond donors (Lipinski definition) is 2. The van der Waals surface area contributed by atoms with Crippen molar-refractivity contribution in [2.45, 2.75) is 19.0 Å². The summed E-state index contributed by atoms with van der Waals surface area (Å²) in [6, 6.07) is 0. The largest absolute Gasteiger partial charge is 0.469 e. The van der Waals surface area contributed by atoms with Crippen LogP contribution in [-0.4, -0.2) is 45.4 Å². The molecular weight excluding hydrogens is 239 g/mol. The molecule has 0 aliphatic rings. The molecule has 0 aromatic carbocycles. The van der Waals surface area contributed by atoms with E-state index in [1.165, 1.54) is 14.2 Å². The van der Waals surface area contributed by atoms with Gasteiger partial charge in [-0.15, -0.1) is 0 Å². The van der Waals surface area contributed by atoms with E-state index < -0.39 is 18.6 Å². The first-order valence-electron chi connectivity index (χ1n) is 4.97. The third-order valence-electron chi connectivity index (χ3n) is 1.77. The summed E-state index contributed by atoms with van der Waals surface area (Å²) < 4.78 is 40.0. The van der Waals surface area contributed by atoms with Crippen molar-refractivity contribution in [3.63, 3.8) is 0 Å². The van der Waals surface area contributed by atoms with Gasteiger partial charge in [-0.3, -0.25) is 9.79 Å². The zero-order chi connectivity index (χ0) is 13.3. The molecule has 0 aliphatic carbocycles. The Bertz CT molecular complexity index is 267. The molecule has 2 N–H and O–H groups in total. The summed E-state index contributed by atoms with van der Waals surface area (Å²) in [5.41, 5.74) is 0. The number of guanidine groups is 1. The fraction of sp³-hybridized carbons (Fsp3) is 0.778. The summed E-state index contributed by atoms with van der Waals surface area (Å²) in [5.74, 6) is -0.179. The molecule has 17 heavy (non-hydrogen) atoms. The molecule has 0 amide bonds. The number of aliphatic imine (C=N–C) groups is 1. The second-order valence-electron chi connectivity index (χ2n) is 3.12. The van der Waals surface area contributed by atoms with E-state index in [-0.39, 0.29) is 25.5 Å². The van der Waals surface area contributed by atoms with E-state index in [1.807, 2.05) is 0 Å². The summed E-state index contributed by atoms with van der Waals surface area (Å²) >= 11 is 0. The monoisotopic (exact) mass is 255 g/mol. The maximum absolute atomic E-state index is 11.9. The van der Waals surface area contributed by atoms with Crippen LogP contribution in [0.15, 0.2) is 4.99 Å². The summed E-state index contributed by atoms with van der Waals surface area (Å²) in [4.78, 5) is 14.5. The lowest BCUT2D eigenvalue weighted by Gasteiger charge is -2.12. The molecule has 0 spiro atoms. The Morgan fingerprint density at radius 3 is 2.35 bits per heavy atom. The maximum Gasteiger partial charge on any atom is 0.390 e. The predicted octanol–water partition coefficient (Wildman–Crippen LogP) is 0.667. The van der Waals surface area contributed by atoms with E-state index in [9.17, 15) is 18.0 Å². The Labute approximate surface area is 97.4 Å². The van der Waals surface area contributed by atoms with Crippen LogP contribution < -0.4 is 10.6 Å². The number of esters is 1. The van der Waals surface area contributed by atoms with Crippen LogP contribution in [0.5, 0.6) is 0 Å². The van der Waals surface area contributed by atoms with Crippen molar-refractivity contribution in [3.05, 3.63) is 0 Å². The fourth-order valence-electron chi connectivity index (χ4n) is 0.928. The second kappa shape index (κ2) is 7.75. The lowest BCUT2D eigenvalue weighted by Crippen LogP contribution is -2.39. The molecule has 0 aliphatic heterocycles. The highest BCUT2D eigenvalue weighted by Gasteiger charge is 2.26. The van der Waals surface area contributed by atoms with Gasteiger partial charge in [-0.2, -0.15) is 13.2 Å². The van der Waals surface area contributed by atoms with Crippen molar-refractivity contribution in [1.82, 2.24) is 10.6 Å². The minimum absolute atomic E-state index is 0.121. The number of hydrogen-bond acceptors (Lipinski definition) is 3. The molecular formula is C9H16F3N3O2. The van der Waals surface area contributed by atoms with E-state index >= 15 is 0 Å². The van der Waals surface area contributed by atoms with Crippen LogP contribution in [0, 0.1) is 0 Å². The third-order valence-corrected chi connectivity index (χ3v) is 1.77. The quantitative estimate of drug-likeness (QED) is 0.430. The SMILES string of the molecule is CN=C(NCCC(=O)OC)NCCC(F)(F)F. The number of nitrogens with zero attached hydrogens (tertiary/aromatic N) is 1. The van der Waals surface area contributed by atoms with E-state index in [1.54, 1.807) is 0 Å². The van der Waals surface area contributed by atoms with Crippen molar-refractivity contribution in [1.29, 1.82) is 0 Å². The zero-order valence-electron chi connectivity index (χ0n) is 9.73. The zero-order valence-corrected chi connectivity index (χ0v) is 9.73. The molecule has 0 rings (SSSR count).